The van der Waals surface area contributed by atoms with E-state index in [0.29, 0.717) is 0 Å². The van der Waals surface area contributed by atoms with E-state index in [0.717, 1.165) is 18.5 Å². The van der Waals surface area contributed by atoms with Crippen LogP contribution in [0.3, 0.4) is 0 Å². The van der Waals surface area contributed by atoms with Crippen molar-refractivity contribution in [3.05, 3.63) is 11.8 Å². The van der Waals surface area contributed by atoms with Gasteiger partial charge in [-0.2, -0.15) is 5.26 Å². The summed E-state index contributed by atoms with van der Waals surface area (Å²) in [5, 5.41) is 8.34. The Morgan fingerprint density at radius 1 is 1.88 bits per heavy atom. The molecule has 0 saturated heterocycles. The first-order valence-corrected chi connectivity index (χ1v) is 2.64. The summed E-state index contributed by atoms with van der Waals surface area (Å²) in [5.41, 5.74) is 0.896. The number of nitriles is 1. The monoisotopic (exact) mass is 108 g/mol. The Balaban J connectivity index is 2.61. The third-order valence-electron chi connectivity index (χ3n) is 1.25. The minimum atomic E-state index is 0.896. The van der Waals surface area contributed by atoms with Gasteiger partial charge in [-0.05, 0) is 0 Å². The van der Waals surface area contributed by atoms with Gasteiger partial charge in [0, 0.05) is 31.8 Å². The number of nitrogens with zero attached hydrogens (tertiary/aromatic N) is 2. The van der Waals surface area contributed by atoms with Crippen molar-refractivity contribution in [3.63, 3.8) is 0 Å². The molecule has 0 saturated carbocycles. The molecule has 0 aromatic heterocycles. The van der Waals surface area contributed by atoms with Gasteiger partial charge in [0.25, 0.3) is 0 Å². The van der Waals surface area contributed by atoms with Crippen LogP contribution in [0.5, 0.6) is 0 Å². The first-order valence-electron chi connectivity index (χ1n) is 2.64. The molecule has 1 aliphatic heterocycles. The molecule has 2 heteroatoms. The van der Waals surface area contributed by atoms with Gasteiger partial charge in [-0.25, -0.2) is 0 Å². The molecule has 0 aromatic rings. The highest BCUT2D eigenvalue weighted by atomic mass is 15.1. The summed E-state index contributed by atoms with van der Waals surface area (Å²) in [6.07, 6.45) is 2.81. The van der Waals surface area contributed by atoms with Crippen LogP contribution in [0.25, 0.3) is 0 Å². The minimum Gasteiger partial charge on any atom is -0.379 e. The van der Waals surface area contributed by atoms with E-state index in [1.165, 1.54) is 0 Å². The largest absolute Gasteiger partial charge is 0.379 e. The first-order chi connectivity index (χ1) is 3.83. The van der Waals surface area contributed by atoms with Crippen LogP contribution in [-0.2, 0) is 0 Å². The fourth-order valence-corrected chi connectivity index (χ4v) is 0.777. The Morgan fingerprint density at radius 2 is 2.62 bits per heavy atom. The molecule has 0 N–H and O–H groups in total. The molecule has 0 radical (unpaired) electrons. The molecule has 0 aromatic carbocycles. The van der Waals surface area contributed by atoms with Gasteiger partial charge in [0.2, 0.25) is 0 Å². The maximum Gasteiger partial charge on any atom is 0.0963 e. The predicted molar refractivity (Wildman–Crippen MR) is 30.9 cm³/mol. The van der Waals surface area contributed by atoms with E-state index in [9.17, 15) is 0 Å². The van der Waals surface area contributed by atoms with Gasteiger partial charge in [-0.15, -0.1) is 0 Å². The quantitative estimate of drug-likeness (QED) is 0.457. The molecule has 0 amide bonds. The molecule has 0 spiro atoms. The zero-order chi connectivity index (χ0) is 5.98. The molecule has 2 nitrogen and oxygen atoms in total. The first kappa shape index (κ1) is 5.17. The third kappa shape index (κ3) is 0.812. The topological polar surface area (TPSA) is 27.0 Å². The molecular formula is C6H8N2. The lowest BCUT2D eigenvalue weighted by Gasteiger charge is -2.02. The van der Waals surface area contributed by atoms with Crippen LogP contribution in [-0.4, -0.2) is 18.5 Å². The summed E-state index contributed by atoms with van der Waals surface area (Å²) in [6.45, 7) is 1.00. The van der Waals surface area contributed by atoms with Crippen LogP contribution in [0.2, 0.25) is 0 Å². The molecule has 42 valence electrons. The Hall–Kier alpha value is -0.970. The van der Waals surface area contributed by atoms with Crippen molar-refractivity contribution in [1.82, 2.24) is 4.90 Å². The second-order valence-electron chi connectivity index (χ2n) is 2.00. The van der Waals surface area contributed by atoms with Crippen molar-refractivity contribution in [2.45, 2.75) is 6.42 Å². The van der Waals surface area contributed by atoms with Crippen LogP contribution in [0, 0.1) is 11.3 Å². The molecule has 0 aliphatic carbocycles. The number of hydrogen-bond donors (Lipinski definition) is 0. The molecular weight excluding hydrogens is 100 g/mol. The van der Waals surface area contributed by atoms with Crippen LogP contribution in [0.15, 0.2) is 11.8 Å². The Morgan fingerprint density at radius 3 is 2.88 bits per heavy atom. The molecule has 0 fully saturated rings. The second kappa shape index (κ2) is 1.87. The fourth-order valence-electron chi connectivity index (χ4n) is 0.777. The van der Waals surface area contributed by atoms with E-state index in [2.05, 4.69) is 6.07 Å². The number of rotatable bonds is 0. The SMILES string of the molecule is CN1C=C(C#N)CC1. The summed E-state index contributed by atoms with van der Waals surface area (Å²) >= 11 is 0. The van der Waals surface area contributed by atoms with Crippen molar-refractivity contribution in [1.29, 1.82) is 5.26 Å². The maximum absolute atomic E-state index is 8.34. The van der Waals surface area contributed by atoms with Crippen molar-refractivity contribution in [2.24, 2.45) is 0 Å². The predicted octanol–water partition coefficient (Wildman–Crippen LogP) is 0.729. The van der Waals surface area contributed by atoms with E-state index in [1.807, 2.05) is 18.1 Å². The zero-order valence-corrected chi connectivity index (χ0v) is 4.89. The third-order valence-corrected chi connectivity index (χ3v) is 1.25. The van der Waals surface area contributed by atoms with E-state index in [-0.39, 0.29) is 0 Å². The standard InChI is InChI=1S/C6H8N2/c1-8-3-2-6(4-7)5-8/h5H,2-3H2,1H3. The lowest BCUT2D eigenvalue weighted by Crippen LogP contribution is -2.04. The van der Waals surface area contributed by atoms with Crippen LogP contribution in [0.4, 0.5) is 0 Å². The van der Waals surface area contributed by atoms with Crippen molar-refractivity contribution in [3.8, 4) is 6.07 Å². The Bertz CT molecular complexity index is 152. The molecule has 0 atom stereocenters. The van der Waals surface area contributed by atoms with Crippen molar-refractivity contribution >= 4 is 0 Å². The Kier molecular flexibility index (Phi) is 1.21. The summed E-state index contributed by atoms with van der Waals surface area (Å²) < 4.78 is 0. The normalized spacial score (nSPS) is 18.0. The van der Waals surface area contributed by atoms with E-state index < -0.39 is 0 Å². The van der Waals surface area contributed by atoms with Gasteiger partial charge in [0.15, 0.2) is 0 Å². The highest BCUT2D eigenvalue weighted by Crippen LogP contribution is 2.09. The van der Waals surface area contributed by atoms with E-state index in [1.54, 1.807) is 0 Å². The molecule has 1 heterocycles. The summed E-state index contributed by atoms with van der Waals surface area (Å²) in [5.74, 6) is 0. The van der Waals surface area contributed by atoms with Crippen LogP contribution < -0.4 is 0 Å². The van der Waals surface area contributed by atoms with Gasteiger partial charge >= 0.3 is 0 Å². The average Bonchev–Trinajstić information content (AvgIpc) is 2.14. The molecule has 0 bridgehead atoms. The van der Waals surface area contributed by atoms with Gasteiger partial charge in [0.1, 0.15) is 0 Å². The van der Waals surface area contributed by atoms with Gasteiger partial charge in [0.05, 0.1) is 6.07 Å². The highest BCUT2D eigenvalue weighted by Gasteiger charge is 2.05. The number of hydrogen-bond acceptors (Lipinski definition) is 2. The maximum atomic E-state index is 8.34. The van der Waals surface area contributed by atoms with E-state index >= 15 is 0 Å². The summed E-state index contributed by atoms with van der Waals surface area (Å²) in [6, 6.07) is 2.11. The van der Waals surface area contributed by atoms with Gasteiger partial charge in [-0.1, -0.05) is 0 Å². The summed E-state index contributed by atoms with van der Waals surface area (Å²) in [7, 11) is 1.98. The molecule has 0 unspecified atom stereocenters. The zero-order valence-electron chi connectivity index (χ0n) is 4.89. The Labute approximate surface area is 49.0 Å². The molecule has 8 heavy (non-hydrogen) atoms. The fraction of sp³-hybridized carbons (Fsp3) is 0.500. The van der Waals surface area contributed by atoms with E-state index in [4.69, 9.17) is 5.26 Å². The lowest BCUT2D eigenvalue weighted by atomic mass is 10.3. The lowest BCUT2D eigenvalue weighted by molar-refractivity contribution is 0.496. The van der Waals surface area contributed by atoms with Crippen LogP contribution >= 0.6 is 0 Å². The van der Waals surface area contributed by atoms with Crippen molar-refractivity contribution in [2.75, 3.05) is 13.6 Å². The average molecular weight is 108 g/mol. The summed E-state index contributed by atoms with van der Waals surface area (Å²) in [4.78, 5) is 2.03. The smallest absolute Gasteiger partial charge is 0.0963 e. The highest BCUT2D eigenvalue weighted by molar-refractivity contribution is 5.23. The minimum absolute atomic E-state index is 0.896. The molecule has 1 rings (SSSR count). The van der Waals surface area contributed by atoms with Crippen molar-refractivity contribution < 1.29 is 0 Å². The molecule has 1 aliphatic rings. The second-order valence-corrected chi connectivity index (χ2v) is 2.00. The van der Waals surface area contributed by atoms with Gasteiger partial charge in [-0.3, -0.25) is 0 Å². The van der Waals surface area contributed by atoms with Gasteiger partial charge < -0.3 is 4.90 Å². The van der Waals surface area contributed by atoms with Crippen LogP contribution in [0.1, 0.15) is 6.42 Å².